The van der Waals surface area contributed by atoms with E-state index in [1.165, 1.54) is 4.90 Å². The fourth-order valence-electron chi connectivity index (χ4n) is 2.01. The maximum Gasteiger partial charge on any atom is 0.323 e. The summed E-state index contributed by atoms with van der Waals surface area (Å²) in [5, 5.41) is 8.88. The number of hydrogen-bond acceptors (Lipinski definition) is 2. The Bertz CT molecular complexity index is 455. The first kappa shape index (κ1) is 15.2. The first-order valence-electron chi connectivity index (χ1n) is 6.56. The average molecular weight is 263 g/mol. The minimum absolute atomic E-state index is 0.304. The van der Waals surface area contributed by atoms with Gasteiger partial charge in [-0.1, -0.05) is 39.3 Å². The van der Waals surface area contributed by atoms with E-state index in [4.69, 9.17) is 5.11 Å². The van der Waals surface area contributed by atoms with E-state index < -0.39 is 5.97 Å². The van der Waals surface area contributed by atoms with Crippen molar-refractivity contribution in [1.82, 2.24) is 0 Å². The monoisotopic (exact) mass is 263 g/mol. The van der Waals surface area contributed by atoms with Gasteiger partial charge >= 0.3 is 5.97 Å². The molecule has 0 heterocycles. The quantitative estimate of drug-likeness (QED) is 0.769. The van der Waals surface area contributed by atoms with Gasteiger partial charge in [-0.05, 0) is 29.5 Å². The van der Waals surface area contributed by atoms with Gasteiger partial charge < -0.3 is 10.0 Å². The van der Waals surface area contributed by atoms with Crippen LogP contribution in [0.4, 0.5) is 5.69 Å². The molecule has 0 unspecified atom stereocenters. The standard InChI is InChI=1S/C15H21NO3/c1-4-5-12-6-7-13(11(2)3)8-14(12)16(10-17)9-15(18)19/h6-8,10-11H,4-5,9H2,1-3H3,(H,18,19). The Morgan fingerprint density at radius 3 is 2.58 bits per heavy atom. The van der Waals surface area contributed by atoms with Crippen LogP contribution in [0.15, 0.2) is 18.2 Å². The minimum atomic E-state index is -1.01. The predicted molar refractivity (Wildman–Crippen MR) is 75.6 cm³/mol. The van der Waals surface area contributed by atoms with Crippen molar-refractivity contribution in [2.45, 2.75) is 39.5 Å². The maximum absolute atomic E-state index is 11.1. The Balaban J connectivity index is 3.21. The van der Waals surface area contributed by atoms with Crippen molar-refractivity contribution in [1.29, 1.82) is 0 Å². The first-order valence-corrected chi connectivity index (χ1v) is 6.56. The normalized spacial score (nSPS) is 10.5. The smallest absolute Gasteiger partial charge is 0.323 e. The number of nitrogens with zero attached hydrogens (tertiary/aromatic N) is 1. The lowest BCUT2D eigenvalue weighted by molar-refractivity contribution is -0.136. The summed E-state index contributed by atoms with van der Waals surface area (Å²) in [6, 6.07) is 5.96. The molecule has 104 valence electrons. The number of amides is 1. The van der Waals surface area contributed by atoms with Gasteiger partial charge in [0.2, 0.25) is 6.41 Å². The molecule has 4 heteroatoms. The second-order valence-electron chi connectivity index (χ2n) is 4.92. The van der Waals surface area contributed by atoms with Crippen LogP contribution in [-0.4, -0.2) is 24.0 Å². The van der Waals surface area contributed by atoms with Gasteiger partial charge in [-0.2, -0.15) is 0 Å². The molecule has 0 fully saturated rings. The van der Waals surface area contributed by atoms with E-state index in [9.17, 15) is 9.59 Å². The van der Waals surface area contributed by atoms with Crippen LogP contribution in [0, 0.1) is 0 Å². The molecule has 19 heavy (non-hydrogen) atoms. The maximum atomic E-state index is 11.1. The lowest BCUT2D eigenvalue weighted by Gasteiger charge is -2.21. The van der Waals surface area contributed by atoms with Crippen molar-refractivity contribution in [3.05, 3.63) is 29.3 Å². The van der Waals surface area contributed by atoms with E-state index in [0.717, 1.165) is 24.0 Å². The van der Waals surface area contributed by atoms with Crippen LogP contribution in [0.5, 0.6) is 0 Å². The molecule has 0 aromatic heterocycles. The number of carboxylic acid groups (broad SMARTS) is 1. The molecule has 0 bridgehead atoms. The Morgan fingerprint density at radius 1 is 1.42 bits per heavy atom. The molecule has 1 aromatic carbocycles. The van der Waals surface area contributed by atoms with Gasteiger partial charge in [-0.15, -0.1) is 0 Å². The van der Waals surface area contributed by atoms with Crippen molar-refractivity contribution >= 4 is 18.1 Å². The summed E-state index contributed by atoms with van der Waals surface area (Å²) in [6.45, 7) is 5.90. The van der Waals surface area contributed by atoms with E-state index in [2.05, 4.69) is 20.8 Å². The molecule has 0 spiro atoms. The van der Waals surface area contributed by atoms with Gasteiger partial charge in [-0.3, -0.25) is 9.59 Å². The number of aliphatic carboxylic acids is 1. The van der Waals surface area contributed by atoms with Crippen LogP contribution in [0.2, 0.25) is 0 Å². The summed E-state index contributed by atoms with van der Waals surface area (Å²) >= 11 is 0. The molecule has 1 N–H and O–H groups in total. The molecule has 0 radical (unpaired) electrons. The van der Waals surface area contributed by atoms with Crippen LogP contribution in [0.1, 0.15) is 44.2 Å². The number of carboxylic acids is 1. The molecule has 1 amide bonds. The second kappa shape index (κ2) is 6.92. The van der Waals surface area contributed by atoms with Crippen LogP contribution in [0.25, 0.3) is 0 Å². The number of benzene rings is 1. The van der Waals surface area contributed by atoms with E-state index >= 15 is 0 Å². The Labute approximate surface area is 114 Å². The lowest BCUT2D eigenvalue weighted by atomic mass is 9.98. The summed E-state index contributed by atoms with van der Waals surface area (Å²) in [5.74, 6) is -0.669. The third-order valence-electron chi connectivity index (χ3n) is 3.04. The number of aryl methyl sites for hydroxylation is 1. The van der Waals surface area contributed by atoms with Crippen LogP contribution >= 0.6 is 0 Å². The van der Waals surface area contributed by atoms with Gasteiger partial charge in [0, 0.05) is 5.69 Å². The number of rotatable bonds is 7. The van der Waals surface area contributed by atoms with Crippen molar-refractivity contribution < 1.29 is 14.7 Å². The zero-order valence-corrected chi connectivity index (χ0v) is 11.7. The molecular formula is C15H21NO3. The molecule has 0 aliphatic carbocycles. The molecule has 4 nitrogen and oxygen atoms in total. The van der Waals surface area contributed by atoms with Crippen LogP contribution < -0.4 is 4.90 Å². The number of hydrogen-bond donors (Lipinski definition) is 1. The van der Waals surface area contributed by atoms with E-state index in [-0.39, 0.29) is 6.54 Å². The third kappa shape index (κ3) is 4.09. The highest BCUT2D eigenvalue weighted by molar-refractivity contribution is 5.86. The third-order valence-corrected chi connectivity index (χ3v) is 3.04. The van der Waals surface area contributed by atoms with Crippen LogP contribution in [-0.2, 0) is 16.0 Å². The second-order valence-corrected chi connectivity index (χ2v) is 4.92. The molecular weight excluding hydrogens is 242 g/mol. The summed E-state index contributed by atoms with van der Waals surface area (Å²) in [5.41, 5.74) is 2.83. The van der Waals surface area contributed by atoms with E-state index in [0.29, 0.717) is 18.0 Å². The Morgan fingerprint density at radius 2 is 2.11 bits per heavy atom. The summed E-state index contributed by atoms with van der Waals surface area (Å²) in [7, 11) is 0. The molecule has 0 aliphatic rings. The van der Waals surface area contributed by atoms with E-state index in [1.54, 1.807) is 0 Å². The first-order chi connectivity index (χ1) is 8.99. The van der Waals surface area contributed by atoms with Gasteiger partial charge in [0.15, 0.2) is 0 Å². The Kier molecular flexibility index (Phi) is 5.55. The number of anilines is 1. The van der Waals surface area contributed by atoms with E-state index in [1.807, 2.05) is 18.2 Å². The van der Waals surface area contributed by atoms with Crippen molar-refractivity contribution in [3.8, 4) is 0 Å². The van der Waals surface area contributed by atoms with Gasteiger partial charge in [0.25, 0.3) is 0 Å². The summed E-state index contributed by atoms with van der Waals surface area (Å²) in [6.07, 6.45) is 2.37. The summed E-state index contributed by atoms with van der Waals surface area (Å²) < 4.78 is 0. The molecule has 1 rings (SSSR count). The highest BCUT2D eigenvalue weighted by atomic mass is 16.4. The highest BCUT2D eigenvalue weighted by Crippen LogP contribution is 2.26. The topological polar surface area (TPSA) is 57.6 Å². The van der Waals surface area contributed by atoms with Crippen molar-refractivity contribution in [2.24, 2.45) is 0 Å². The van der Waals surface area contributed by atoms with Crippen molar-refractivity contribution in [3.63, 3.8) is 0 Å². The highest BCUT2D eigenvalue weighted by Gasteiger charge is 2.15. The fourth-order valence-corrected chi connectivity index (χ4v) is 2.01. The predicted octanol–water partition coefficient (Wildman–Crippen LogP) is 2.81. The van der Waals surface area contributed by atoms with Gasteiger partial charge in [0.05, 0.1) is 0 Å². The fraction of sp³-hybridized carbons (Fsp3) is 0.467. The largest absolute Gasteiger partial charge is 0.480 e. The number of carbonyl (C=O) groups is 2. The molecule has 0 atom stereocenters. The molecule has 0 aliphatic heterocycles. The molecule has 1 aromatic rings. The van der Waals surface area contributed by atoms with Gasteiger partial charge in [-0.25, -0.2) is 0 Å². The molecule has 0 saturated carbocycles. The van der Waals surface area contributed by atoms with Crippen LogP contribution in [0.3, 0.4) is 0 Å². The SMILES string of the molecule is CCCc1ccc(C(C)C)cc1N(C=O)CC(=O)O. The average Bonchev–Trinajstić information content (AvgIpc) is 2.36. The zero-order chi connectivity index (χ0) is 14.4. The lowest BCUT2D eigenvalue weighted by Crippen LogP contribution is -2.29. The zero-order valence-electron chi connectivity index (χ0n) is 11.7. The molecule has 0 saturated heterocycles. The Hall–Kier alpha value is -1.84. The van der Waals surface area contributed by atoms with Crippen molar-refractivity contribution in [2.75, 3.05) is 11.4 Å². The summed E-state index contributed by atoms with van der Waals surface area (Å²) in [4.78, 5) is 23.2. The number of carbonyl (C=O) groups excluding carboxylic acids is 1. The van der Waals surface area contributed by atoms with Gasteiger partial charge in [0.1, 0.15) is 6.54 Å². The minimum Gasteiger partial charge on any atom is -0.480 e.